The molecule has 1 aliphatic rings. The van der Waals surface area contributed by atoms with Crippen LogP contribution in [0.3, 0.4) is 0 Å². The van der Waals surface area contributed by atoms with Gasteiger partial charge in [-0.15, -0.1) is 0 Å². The number of nitrogens with one attached hydrogen (secondary N) is 3. The SMILES string of the molecule is COc1cc(NC(=O)/C=C/CN2CCCCC2)ccc1Nc1ncc(Cl)c(Nc2ccccc2S(=O)(=O)C(C)C)n1. The molecule has 0 spiro atoms. The molecule has 0 saturated carbocycles. The van der Waals surface area contributed by atoms with Gasteiger partial charge in [0.2, 0.25) is 11.9 Å². The lowest BCUT2D eigenvalue weighted by molar-refractivity contribution is -0.111. The van der Waals surface area contributed by atoms with Gasteiger partial charge in [0.15, 0.2) is 15.7 Å². The van der Waals surface area contributed by atoms with E-state index in [4.69, 9.17) is 16.3 Å². The molecule has 0 unspecified atom stereocenters. The van der Waals surface area contributed by atoms with Gasteiger partial charge in [0, 0.05) is 24.4 Å². The van der Waals surface area contributed by atoms with Crippen molar-refractivity contribution in [2.45, 2.75) is 43.3 Å². The third-order valence-corrected chi connectivity index (χ3v) is 9.10. The molecule has 12 heteroatoms. The van der Waals surface area contributed by atoms with E-state index in [-0.39, 0.29) is 27.6 Å². The molecule has 1 amide bonds. The summed E-state index contributed by atoms with van der Waals surface area (Å²) in [6, 6.07) is 11.8. The summed E-state index contributed by atoms with van der Waals surface area (Å²) in [6.07, 6.45) is 8.53. The average Bonchev–Trinajstić information content (AvgIpc) is 2.96. The molecule has 1 saturated heterocycles. The standard InChI is InChI=1S/C29H35ClN6O4S/c1-20(2)41(38,39)26-11-6-5-10-24(26)33-28-22(30)19-31-29(35-28)34-23-14-13-21(18-25(23)40-3)32-27(37)12-9-17-36-15-7-4-8-16-36/h5-6,9-14,18-20H,4,7-8,15-17H2,1-3H3,(H,32,37)(H2,31,33,34,35)/b12-9+. The number of benzene rings is 2. The number of hydrogen-bond acceptors (Lipinski definition) is 9. The van der Waals surface area contributed by atoms with Crippen molar-refractivity contribution in [2.24, 2.45) is 0 Å². The van der Waals surface area contributed by atoms with Crippen LogP contribution in [0, 0.1) is 0 Å². The number of para-hydroxylation sites is 1. The highest BCUT2D eigenvalue weighted by molar-refractivity contribution is 7.92. The molecule has 0 radical (unpaired) electrons. The quantitative estimate of drug-likeness (QED) is 0.235. The molecule has 3 aromatic rings. The van der Waals surface area contributed by atoms with Crippen molar-refractivity contribution in [1.29, 1.82) is 0 Å². The molecule has 1 aliphatic heterocycles. The topological polar surface area (TPSA) is 126 Å². The first-order valence-corrected chi connectivity index (χ1v) is 15.4. The van der Waals surface area contributed by atoms with Gasteiger partial charge >= 0.3 is 0 Å². The number of nitrogens with zero attached hydrogens (tertiary/aromatic N) is 3. The summed E-state index contributed by atoms with van der Waals surface area (Å²) in [6.45, 7) is 6.16. The first-order chi connectivity index (χ1) is 19.7. The second kappa shape index (κ2) is 13.8. The molecule has 0 aliphatic carbocycles. The summed E-state index contributed by atoms with van der Waals surface area (Å²) in [7, 11) is -2.03. The number of anilines is 5. The van der Waals surface area contributed by atoms with Gasteiger partial charge in [-0.25, -0.2) is 13.4 Å². The van der Waals surface area contributed by atoms with Gasteiger partial charge in [-0.1, -0.05) is 36.2 Å². The Balaban J connectivity index is 1.46. The fourth-order valence-corrected chi connectivity index (χ4v) is 5.68. The minimum absolute atomic E-state index is 0.153. The van der Waals surface area contributed by atoms with Crippen molar-refractivity contribution in [3.63, 3.8) is 0 Å². The molecule has 2 aromatic carbocycles. The number of piperidine rings is 1. The Labute approximate surface area is 246 Å². The number of methoxy groups -OCH3 is 1. The zero-order valence-electron chi connectivity index (χ0n) is 23.4. The number of aromatic nitrogens is 2. The van der Waals surface area contributed by atoms with Gasteiger partial charge in [-0.05, 0) is 64.0 Å². The number of carbonyl (C=O) groups is 1. The maximum Gasteiger partial charge on any atom is 0.248 e. The number of halogens is 1. The number of carbonyl (C=O) groups excluding carboxylic acids is 1. The zero-order valence-corrected chi connectivity index (χ0v) is 24.9. The highest BCUT2D eigenvalue weighted by Gasteiger charge is 2.23. The molecule has 1 fully saturated rings. The third-order valence-electron chi connectivity index (χ3n) is 6.61. The highest BCUT2D eigenvalue weighted by Crippen LogP contribution is 2.33. The van der Waals surface area contributed by atoms with Crippen molar-refractivity contribution < 1.29 is 17.9 Å². The molecule has 1 aromatic heterocycles. The molecule has 4 rings (SSSR count). The van der Waals surface area contributed by atoms with E-state index in [0.29, 0.717) is 22.8 Å². The Morgan fingerprint density at radius 2 is 1.85 bits per heavy atom. The number of hydrogen-bond donors (Lipinski definition) is 3. The Morgan fingerprint density at radius 1 is 1.10 bits per heavy atom. The van der Waals surface area contributed by atoms with E-state index < -0.39 is 15.1 Å². The Morgan fingerprint density at radius 3 is 2.59 bits per heavy atom. The van der Waals surface area contributed by atoms with Crippen molar-refractivity contribution in [1.82, 2.24) is 14.9 Å². The first kappa shape index (κ1) is 30.3. The molecule has 218 valence electrons. The smallest absolute Gasteiger partial charge is 0.248 e. The second-order valence-electron chi connectivity index (χ2n) is 9.90. The second-order valence-corrected chi connectivity index (χ2v) is 12.8. The predicted molar refractivity (Wildman–Crippen MR) is 163 cm³/mol. The predicted octanol–water partition coefficient (Wildman–Crippen LogP) is 5.79. The van der Waals surface area contributed by atoms with Crippen molar-refractivity contribution in [2.75, 3.05) is 42.7 Å². The van der Waals surface area contributed by atoms with Gasteiger partial charge in [0.05, 0.1) is 34.8 Å². The lowest BCUT2D eigenvalue weighted by atomic mass is 10.1. The van der Waals surface area contributed by atoms with E-state index in [9.17, 15) is 13.2 Å². The monoisotopic (exact) mass is 598 g/mol. The summed E-state index contributed by atoms with van der Waals surface area (Å²) >= 11 is 6.35. The maximum absolute atomic E-state index is 12.9. The number of likely N-dealkylation sites (tertiary alicyclic amines) is 1. The van der Waals surface area contributed by atoms with E-state index in [1.807, 2.05) is 6.08 Å². The zero-order chi connectivity index (χ0) is 29.4. The van der Waals surface area contributed by atoms with Gasteiger partial charge in [0.1, 0.15) is 10.8 Å². The summed E-state index contributed by atoms with van der Waals surface area (Å²) < 4.78 is 31.2. The summed E-state index contributed by atoms with van der Waals surface area (Å²) in [5.41, 5.74) is 1.49. The minimum atomic E-state index is -3.55. The molecule has 41 heavy (non-hydrogen) atoms. The summed E-state index contributed by atoms with van der Waals surface area (Å²) in [5.74, 6) is 0.675. The Kier molecular flexibility index (Phi) is 10.2. The molecule has 0 bridgehead atoms. The van der Waals surface area contributed by atoms with Crippen molar-refractivity contribution in [3.8, 4) is 5.75 Å². The summed E-state index contributed by atoms with van der Waals surface area (Å²) in [4.78, 5) is 23.6. The first-order valence-electron chi connectivity index (χ1n) is 13.4. The van der Waals surface area contributed by atoms with Crippen LogP contribution in [0.1, 0.15) is 33.1 Å². The molecular formula is C29H35ClN6O4S. The van der Waals surface area contributed by atoms with Crippen molar-refractivity contribution >= 4 is 56.2 Å². The van der Waals surface area contributed by atoms with Gasteiger partial charge < -0.3 is 20.7 Å². The van der Waals surface area contributed by atoms with Crippen LogP contribution in [-0.2, 0) is 14.6 Å². The van der Waals surface area contributed by atoms with E-state index in [2.05, 4.69) is 30.8 Å². The highest BCUT2D eigenvalue weighted by atomic mass is 35.5. The Bertz CT molecular complexity index is 1510. The minimum Gasteiger partial charge on any atom is -0.494 e. The number of ether oxygens (including phenoxy) is 1. The van der Waals surface area contributed by atoms with Crippen LogP contribution in [0.25, 0.3) is 0 Å². The van der Waals surface area contributed by atoms with Crippen molar-refractivity contribution in [3.05, 3.63) is 65.8 Å². The van der Waals surface area contributed by atoms with Gasteiger partial charge in [-0.3, -0.25) is 9.69 Å². The van der Waals surface area contributed by atoms with Crippen LogP contribution in [0.15, 0.2) is 65.7 Å². The van der Waals surface area contributed by atoms with Gasteiger partial charge in [-0.2, -0.15) is 4.98 Å². The molecule has 3 N–H and O–H groups in total. The molecule has 0 atom stereocenters. The number of amides is 1. The number of rotatable bonds is 11. The van der Waals surface area contributed by atoms with Crippen LogP contribution < -0.4 is 20.7 Å². The van der Waals surface area contributed by atoms with E-state index in [0.717, 1.165) is 19.6 Å². The fraction of sp³-hybridized carbons (Fsp3) is 0.345. The lowest BCUT2D eigenvalue weighted by Gasteiger charge is -2.24. The average molecular weight is 599 g/mol. The van der Waals surface area contributed by atoms with E-state index in [1.54, 1.807) is 62.4 Å². The van der Waals surface area contributed by atoms with Crippen LogP contribution >= 0.6 is 11.6 Å². The molecule has 2 heterocycles. The van der Waals surface area contributed by atoms with Crippen LogP contribution in [0.2, 0.25) is 5.02 Å². The maximum atomic E-state index is 12.9. The normalized spacial score (nSPS) is 14.3. The number of sulfone groups is 1. The van der Waals surface area contributed by atoms with Crippen LogP contribution in [-0.4, -0.2) is 61.2 Å². The van der Waals surface area contributed by atoms with Crippen LogP contribution in [0.5, 0.6) is 5.75 Å². The summed E-state index contributed by atoms with van der Waals surface area (Å²) in [5, 5.41) is 8.60. The lowest BCUT2D eigenvalue weighted by Crippen LogP contribution is -2.29. The molecular weight excluding hydrogens is 564 g/mol. The van der Waals surface area contributed by atoms with E-state index in [1.165, 1.54) is 32.6 Å². The van der Waals surface area contributed by atoms with E-state index >= 15 is 0 Å². The fourth-order valence-electron chi connectivity index (χ4n) is 4.34. The van der Waals surface area contributed by atoms with Gasteiger partial charge in [0.25, 0.3) is 0 Å². The molecule has 10 nitrogen and oxygen atoms in total. The largest absolute Gasteiger partial charge is 0.494 e. The van der Waals surface area contributed by atoms with Crippen LogP contribution in [0.4, 0.5) is 28.8 Å². The Hall–Kier alpha value is -3.67. The third kappa shape index (κ3) is 7.96.